The number of fused-ring (bicyclic) bond motifs is 1. The van der Waals surface area contributed by atoms with E-state index in [1.807, 2.05) is 0 Å². The normalized spacial score (nSPS) is 25.2. The van der Waals surface area contributed by atoms with E-state index in [1.165, 1.54) is 6.07 Å². The van der Waals surface area contributed by atoms with Crippen LogP contribution in [0.5, 0.6) is 0 Å². The third-order valence-corrected chi connectivity index (χ3v) is 4.03. The Bertz CT molecular complexity index is 591. The van der Waals surface area contributed by atoms with Crippen LogP contribution >= 0.6 is 0 Å². The van der Waals surface area contributed by atoms with Crippen molar-refractivity contribution in [1.29, 1.82) is 0 Å². The molecule has 106 valence electrons. The predicted molar refractivity (Wildman–Crippen MR) is 71.3 cm³/mol. The Morgan fingerprint density at radius 3 is 2.90 bits per heavy atom. The van der Waals surface area contributed by atoms with Crippen molar-refractivity contribution in [3.05, 3.63) is 29.1 Å². The minimum absolute atomic E-state index is 0.0595. The molecule has 1 fully saturated rings. The summed E-state index contributed by atoms with van der Waals surface area (Å²) in [4.78, 5) is 23.8. The van der Waals surface area contributed by atoms with Gasteiger partial charge in [0.15, 0.2) is 5.78 Å². The number of halogens is 1. The highest BCUT2D eigenvalue weighted by Gasteiger charge is 2.39. The lowest BCUT2D eigenvalue weighted by molar-refractivity contribution is -0.116. The molecule has 0 saturated carbocycles. The lowest BCUT2D eigenvalue weighted by Gasteiger charge is -2.23. The number of Topliss-reactive ketones (excluding diaryl/α,β-unsaturated/α-hetero) is 1. The molecule has 0 bridgehead atoms. The number of hydrogen-bond acceptors (Lipinski definition) is 3. The third kappa shape index (κ3) is 2.12. The molecule has 3 rings (SSSR count). The molecule has 1 aromatic rings. The van der Waals surface area contributed by atoms with E-state index in [1.54, 1.807) is 13.0 Å². The lowest BCUT2D eigenvalue weighted by Crippen LogP contribution is -2.35. The van der Waals surface area contributed by atoms with E-state index in [0.717, 1.165) is 12.0 Å². The van der Waals surface area contributed by atoms with Crippen LogP contribution in [0.2, 0.25) is 0 Å². The molecule has 4 nitrogen and oxygen atoms in total. The number of anilines is 1. The molecule has 5 heteroatoms. The Balaban J connectivity index is 1.98. The molecule has 2 aliphatic rings. The molecule has 0 aliphatic carbocycles. The molecule has 20 heavy (non-hydrogen) atoms. The fourth-order valence-electron chi connectivity index (χ4n) is 2.82. The molecule has 2 heterocycles. The highest BCUT2D eigenvalue weighted by molar-refractivity contribution is 6.04. The summed E-state index contributed by atoms with van der Waals surface area (Å²) < 4.78 is 19.6. The number of hydrogen-bond donors (Lipinski definition) is 1. The quantitative estimate of drug-likeness (QED) is 0.845. The number of carbonyl (C=O) groups is 2. The Morgan fingerprint density at radius 2 is 2.20 bits per heavy atom. The number of nitrogens with one attached hydrogen (secondary N) is 1. The zero-order valence-electron chi connectivity index (χ0n) is 11.3. The van der Waals surface area contributed by atoms with Crippen molar-refractivity contribution < 1.29 is 18.7 Å². The number of carbonyl (C=O) groups excluding carboxylic acids is 2. The number of aryl methyl sites for hydroxylation is 1. The molecule has 1 atom stereocenters. The summed E-state index contributed by atoms with van der Waals surface area (Å²) >= 11 is 0. The van der Waals surface area contributed by atoms with Crippen LogP contribution in [0, 0.1) is 5.82 Å². The summed E-state index contributed by atoms with van der Waals surface area (Å²) in [5, 5.41) is 2.62. The molecule has 1 amide bonds. The van der Waals surface area contributed by atoms with Gasteiger partial charge >= 0.3 is 0 Å². The second-order valence-electron chi connectivity index (χ2n) is 5.55. The second-order valence-corrected chi connectivity index (χ2v) is 5.55. The average Bonchev–Trinajstić information content (AvgIpc) is 2.85. The fraction of sp³-hybridized carbons (Fsp3) is 0.467. The molecule has 0 spiro atoms. The topological polar surface area (TPSA) is 55.4 Å². The van der Waals surface area contributed by atoms with Crippen molar-refractivity contribution in [3.63, 3.8) is 0 Å². The van der Waals surface area contributed by atoms with Crippen molar-refractivity contribution >= 4 is 17.4 Å². The third-order valence-electron chi connectivity index (χ3n) is 4.03. The maximum absolute atomic E-state index is 14.2. The fourth-order valence-corrected chi connectivity index (χ4v) is 2.82. The van der Waals surface area contributed by atoms with E-state index in [-0.39, 0.29) is 17.3 Å². The zero-order valence-corrected chi connectivity index (χ0v) is 11.3. The molecule has 1 saturated heterocycles. The van der Waals surface area contributed by atoms with E-state index >= 15 is 0 Å². The first-order valence-corrected chi connectivity index (χ1v) is 6.81. The number of amides is 1. The molecule has 1 aromatic carbocycles. The van der Waals surface area contributed by atoms with Gasteiger partial charge in [0.2, 0.25) is 5.91 Å². The van der Waals surface area contributed by atoms with Crippen LogP contribution in [0.15, 0.2) is 12.1 Å². The van der Waals surface area contributed by atoms with E-state index in [2.05, 4.69) is 5.32 Å². The molecule has 2 aliphatic heterocycles. The van der Waals surface area contributed by atoms with Crippen LogP contribution in [0.4, 0.5) is 10.1 Å². The molecule has 0 radical (unpaired) electrons. The summed E-state index contributed by atoms with van der Waals surface area (Å²) in [6, 6.07) is 2.79. The highest BCUT2D eigenvalue weighted by Crippen LogP contribution is 2.32. The van der Waals surface area contributed by atoms with Gasteiger partial charge in [0.1, 0.15) is 11.4 Å². The second kappa shape index (κ2) is 4.66. The van der Waals surface area contributed by atoms with E-state index < -0.39 is 11.4 Å². The molecular weight excluding hydrogens is 261 g/mol. The molecule has 0 aromatic heterocycles. The first kappa shape index (κ1) is 13.2. The zero-order chi connectivity index (χ0) is 14.3. The van der Waals surface area contributed by atoms with Crippen LogP contribution in [0.1, 0.15) is 42.1 Å². The van der Waals surface area contributed by atoms with Gasteiger partial charge in [-0.15, -0.1) is 0 Å². The largest absolute Gasteiger partial charge is 0.367 e. The first-order chi connectivity index (χ1) is 9.49. The standard InChI is InChI=1S/C15H16FNO3/c1-15(5-2-6-20-15)14(19)10-7-9-3-4-13(18)17-12(9)8-11(10)16/h7-8H,2-6H2,1H3,(H,17,18). The maximum Gasteiger partial charge on any atom is 0.224 e. The number of ether oxygens (including phenoxy) is 1. The Hall–Kier alpha value is -1.75. The van der Waals surface area contributed by atoms with Crippen LogP contribution in [-0.2, 0) is 16.0 Å². The van der Waals surface area contributed by atoms with Crippen molar-refractivity contribution in [2.24, 2.45) is 0 Å². The van der Waals surface area contributed by atoms with Crippen molar-refractivity contribution in [2.75, 3.05) is 11.9 Å². The van der Waals surface area contributed by atoms with Crippen LogP contribution in [0.25, 0.3) is 0 Å². The average molecular weight is 277 g/mol. The molecule has 1 unspecified atom stereocenters. The van der Waals surface area contributed by atoms with Crippen LogP contribution in [0.3, 0.4) is 0 Å². The van der Waals surface area contributed by atoms with E-state index in [0.29, 0.717) is 31.6 Å². The van der Waals surface area contributed by atoms with Gasteiger partial charge in [-0.1, -0.05) is 0 Å². The van der Waals surface area contributed by atoms with Crippen molar-refractivity contribution in [1.82, 2.24) is 0 Å². The SMILES string of the molecule is CC1(C(=O)c2cc3c(cc2F)NC(=O)CC3)CCCO1. The summed E-state index contributed by atoms with van der Waals surface area (Å²) in [6.45, 7) is 2.24. The first-order valence-electron chi connectivity index (χ1n) is 6.81. The highest BCUT2D eigenvalue weighted by atomic mass is 19.1. The van der Waals surface area contributed by atoms with Gasteiger partial charge < -0.3 is 10.1 Å². The van der Waals surface area contributed by atoms with Crippen molar-refractivity contribution in [3.8, 4) is 0 Å². The lowest BCUT2D eigenvalue weighted by atomic mass is 9.89. The molecular formula is C15H16FNO3. The van der Waals surface area contributed by atoms with Crippen LogP contribution < -0.4 is 5.32 Å². The summed E-state index contributed by atoms with van der Waals surface area (Å²) in [5.74, 6) is -1.04. The smallest absolute Gasteiger partial charge is 0.224 e. The monoisotopic (exact) mass is 277 g/mol. The summed E-state index contributed by atoms with van der Waals surface area (Å²) in [7, 11) is 0. The number of ketones is 1. The minimum atomic E-state index is -0.924. The Labute approximate surface area is 116 Å². The summed E-state index contributed by atoms with van der Waals surface area (Å²) in [6.07, 6.45) is 2.31. The van der Waals surface area contributed by atoms with E-state index in [9.17, 15) is 14.0 Å². The van der Waals surface area contributed by atoms with Gasteiger partial charge in [0.25, 0.3) is 0 Å². The van der Waals surface area contributed by atoms with Gasteiger partial charge in [-0.05, 0) is 43.9 Å². The Kier molecular flexibility index (Phi) is 3.09. The van der Waals surface area contributed by atoms with Gasteiger partial charge in [-0.2, -0.15) is 0 Å². The number of benzene rings is 1. The van der Waals surface area contributed by atoms with Crippen LogP contribution in [-0.4, -0.2) is 23.9 Å². The molecule has 1 N–H and O–H groups in total. The predicted octanol–water partition coefficient (Wildman–Crippen LogP) is 2.46. The van der Waals surface area contributed by atoms with Gasteiger partial charge in [-0.3, -0.25) is 9.59 Å². The summed E-state index contributed by atoms with van der Waals surface area (Å²) in [5.41, 5.74) is 0.403. The van der Waals surface area contributed by atoms with Crippen molar-refractivity contribution in [2.45, 2.75) is 38.2 Å². The van der Waals surface area contributed by atoms with Gasteiger partial charge in [0, 0.05) is 18.7 Å². The van der Waals surface area contributed by atoms with E-state index in [4.69, 9.17) is 4.74 Å². The minimum Gasteiger partial charge on any atom is -0.367 e. The maximum atomic E-state index is 14.2. The Morgan fingerprint density at radius 1 is 1.40 bits per heavy atom. The van der Waals surface area contributed by atoms with Gasteiger partial charge in [-0.25, -0.2) is 4.39 Å². The van der Waals surface area contributed by atoms with Gasteiger partial charge in [0.05, 0.1) is 5.56 Å². The number of rotatable bonds is 2.